The minimum Gasteiger partial charge on any atom is -0.339 e. The Labute approximate surface area is 179 Å². The predicted octanol–water partition coefficient (Wildman–Crippen LogP) is 4.59. The summed E-state index contributed by atoms with van der Waals surface area (Å²) in [7, 11) is 1.95. The number of nitrogens with zero attached hydrogens (tertiary/aromatic N) is 4. The molecule has 0 spiro atoms. The van der Waals surface area contributed by atoms with E-state index in [-0.39, 0.29) is 5.91 Å². The van der Waals surface area contributed by atoms with Crippen LogP contribution < -0.4 is 0 Å². The number of likely N-dealkylation sites (tertiary alicyclic amines) is 1. The van der Waals surface area contributed by atoms with Crippen molar-refractivity contribution in [2.45, 2.75) is 52.6 Å². The molecule has 3 aromatic rings. The first kappa shape index (κ1) is 20.6. The van der Waals surface area contributed by atoms with Crippen LogP contribution in [0.15, 0.2) is 42.5 Å². The van der Waals surface area contributed by atoms with Gasteiger partial charge in [0.15, 0.2) is 0 Å². The van der Waals surface area contributed by atoms with Crippen molar-refractivity contribution in [3.05, 3.63) is 59.4 Å². The number of aryl methyl sites for hydroxylation is 2. The summed E-state index contributed by atoms with van der Waals surface area (Å²) in [5, 5.41) is 0. The molecule has 1 aromatic heterocycles. The number of hydrogen-bond acceptors (Lipinski definition) is 3. The van der Waals surface area contributed by atoms with E-state index in [1.807, 2.05) is 49.2 Å². The fourth-order valence-corrected chi connectivity index (χ4v) is 4.65. The van der Waals surface area contributed by atoms with Gasteiger partial charge in [0.05, 0.1) is 16.7 Å². The summed E-state index contributed by atoms with van der Waals surface area (Å²) in [5.41, 5.74) is 4.99. The molecule has 0 aliphatic carbocycles. The van der Waals surface area contributed by atoms with Crippen molar-refractivity contribution >= 4 is 16.9 Å². The normalized spacial score (nSPS) is 15.8. The van der Waals surface area contributed by atoms with Crippen LogP contribution in [-0.2, 0) is 0 Å². The van der Waals surface area contributed by atoms with Gasteiger partial charge in [-0.3, -0.25) is 9.36 Å². The average molecular weight is 405 g/mol. The summed E-state index contributed by atoms with van der Waals surface area (Å²) < 4.78 is 2.17. The predicted molar refractivity (Wildman–Crippen MR) is 122 cm³/mol. The van der Waals surface area contributed by atoms with Crippen molar-refractivity contribution < 1.29 is 4.79 Å². The molecule has 2 aromatic carbocycles. The Hall–Kier alpha value is -2.66. The van der Waals surface area contributed by atoms with Crippen molar-refractivity contribution in [2.75, 3.05) is 20.1 Å². The van der Waals surface area contributed by atoms with Crippen LogP contribution in [0.3, 0.4) is 0 Å². The second-order valence-electron chi connectivity index (χ2n) is 8.76. The summed E-state index contributed by atoms with van der Waals surface area (Å²) in [5.74, 6) is 1.06. The number of carbonyl (C=O) groups excluding carboxylic acids is 1. The van der Waals surface area contributed by atoms with Crippen LogP contribution >= 0.6 is 0 Å². The van der Waals surface area contributed by atoms with Gasteiger partial charge < -0.3 is 9.80 Å². The summed E-state index contributed by atoms with van der Waals surface area (Å²) in [6.45, 7) is 10.7. The lowest BCUT2D eigenvalue weighted by Crippen LogP contribution is -2.47. The first-order valence-corrected chi connectivity index (χ1v) is 10.9. The van der Waals surface area contributed by atoms with Gasteiger partial charge in [0.25, 0.3) is 5.91 Å². The van der Waals surface area contributed by atoms with E-state index < -0.39 is 0 Å². The van der Waals surface area contributed by atoms with Gasteiger partial charge in [0.1, 0.15) is 5.82 Å². The van der Waals surface area contributed by atoms with E-state index >= 15 is 0 Å². The van der Waals surface area contributed by atoms with Crippen LogP contribution in [0.5, 0.6) is 0 Å². The van der Waals surface area contributed by atoms with Crippen LogP contribution in [0.25, 0.3) is 16.7 Å². The maximum absolute atomic E-state index is 13.2. The molecule has 0 N–H and O–H groups in total. The maximum atomic E-state index is 13.2. The average Bonchev–Trinajstić information content (AvgIpc) is 3.08. The number of carbonyl (C=O) groups is 1. The standard InChI is InChI=1S/C25H32N4O/c1-17(2)28-14-12-21(13-15-28)27(5)25(30)20-10-11-23(18(3)16-20)29-19(4)26-22-8-6-7-9-24(22)29/h6-11,16-17,21H,12-15H2,1-5H3. The molecule has 0 unspecified atom stereocenters. The zero-order valence-electron chi connectivity index (χ0n) is 18.7. The van der Waals surface area contributed by atoms with Gasteiger partial charge in [-0.15, -0.1) is 0 Å². The highest BCUT2D eigenvalue weighted by molar-refractivity contribution is 5.95. The number of para-hydroxylation sites is 2. The Morgan fingerprint density at radius 3 is 2.47 bits per heavy atom. The van der Waals surface area contributed by atoms with Crippen LogP contribution in [0.1, 0.15) is 48.4 Å². The van der Waals surface area contributed by atoms with Gasteiger partial charge in [-0.1, -0.05) is 12.1 Å². The molecule has 0 bridgehead atoms. The quantitative estimate of drug-likeness (QED) is 0.639. The largest absolute Gasteiger partial charge is 0.339 e. The molecule has 1 amide bonds. The summed E-state index contributed by atoms with van der Waals surface area (Å²) >= 11 is 0. The zero-order chi connectivity index (χ0) is 21.4. The molecule has 5 heteroatoms. The number of fused-ring (bicyclic) bond motifs is 1. The first-order valence-electron chi connectivity index (χ1n) is 10.9. The summed E-state index contributed by atoms with van der Waals surface area (Å²) in [6, 6.07) is 15.1. The number of rotatable bonds is 4. The first-order chi connectivity index (χ1) is 14.4. The smallest absolute Gasteiger partial charge is 0.253 e. The molecule has 0 radical (unpaired) electrons. The number of hydrogen-bond donors (Lipinski definition) is 0. The third-order valence-corrected chi connectivity index (χ3v) is 6.51. The molecular weight excluding hydrogens is 372 g/mol. The minimum absolute atomic E-state index is 0.111. The highest BCUT2D eigenvalue weighted by atomic mass is 16.2. The van der Waals surface area contributed by atoms with Crippen LogP contribution in [0, 0.1) is 13.8 Å². The monoisotopic (exact) mass is 404 g/mol. The number of aromatic nitrogens is 2. The lowest BCUT2D eigenvalue weighted by atomic mass is 10.0. The molecule has 30 heavy (non-hydrogen) atoms. The molecule has 158 valence electrons. The Morgan fingerprint density at radius 2 is 1.80 bits per heavy atom. The fourth-order valence-electron chi connectivity index (χ4n) is 4.65. The molecule has 4 rings (SSSR count). The van der Waals surface area contributed by atoms with Crippen LogP contribution in [0.4, 0.5) is 0 Å². The van der Waals surface area contributed by atoms with Gasteiger partial charge >= 0.3 is 0 Å². The van der Waals surface area contributed by atoms with Gasteiger partial charge in [0, 0.05) is 37.8 Å². The van der Waals surface area contributed by atoms with E-state index in [9.17, 15) is 4.79 Å². The van der Waals surface area contributed by atoms with Crippen LogP contribution in [0.2, 0.25) is 0 Å². The fraction of sp³-hybridized carbons (Fsp3) is 0.440. The maximum Gasteiger partial charge on any atom is 0.253 e. The van der Waals surface area contributed by atoms with Crippen molar-refractivity contribution in [1.29, 1.82) is 0 Å². The van der Waals surface area contributed by atoms with Gasteiger partial charge in [-0.2, -0.15) is 0 Å². The molecule has 1 aliphatic rings. The van der Waals surface area contributed by atoms with Gasteiger partial charge in [-0.05, 0) is 76.4 Å². The highest BCUT2D eigenvalue weighted by Crippen LogP contribution is 2.25. The van der Waals surface area contributed by atoms with E-state index in [0.717, 1.165) is 59.6 Å². The van der Waals surface area contributed by atoms with E-state index in [1.54, 1.807) is 0 Å². The minimum atomic E-state index is 0.111. The third-order valence-electron chi connectivity index (χ3n) is 6.51. The Morgan fingerprint density at radius 1 is 1.10 bits per heavy atom. The second kappa shape index (κ2) is 8.23. The van der Waals surface area contributed by atoms with E-state index in [2.05, 4.69) is 47.4 Å². The topological polar surface area (TPSA) is 41.4 Å². The second-order valence-corrected chi connectivity index (χ2v) is 8.76. The van der Waals surface area contributed by atoms with Crippen molar-refractivity contribution in [2.24, 2.45) is 0 Å². The van der Waals surface area contributed by atoms with Crippen molar-refractivity contribution in [1.82, 2.24) is 19.4 Å². The number of benzene rings is 2. The Kier molecular flexibility index (Phi) is 5.65. The SMILES string of the molecule is Cc1cc(C(=O)N(C)C2CCN(C(C)C)CC2)ccc1-n1c(C)nc2ccccc21. The van der Waals surface area contributed by atoms with Gasteiger partial charge in [-0.25, -0.2) is 4.98 Å². The molecule has 1 fully saturated rings. The molecule has 0 atom stereocenters. The highest BCUT2D eigenvalue weighted by Gasteiger charge is 2.27. The number of piperidine rings is 1. The van der Waals surface area contributed by atoms with Crippen LogP contribution in [-0.4, -0.2) is 57.5 Å². The number of amides is 1. The Bertz CT molecular complexity index is 1060. The summed E-state index contributed by atoms with van der Waals surface area (Å²) in [6.07, 6.45) is 2.08. The lowest BCUT2D eigenvalue weighted by molar-refractivity contribution is 0.0615. The third kappa shape index (κ3) is 3.74. The molecule has 1 aliphatic heterocycles. The van der Waals surface area contributed by atoms with E-state index in [1.165, 1.54) is 0 Å². The molecular formula is C25H32N4O. The Balaban J connectivity index is 1.56. The van der Waals surface area contributed by atoms with E-state index in [0.29, 0.717) is 12.1 Å². The van der Waals surface area contributed by atoms with Gasteiger partial charge in [0.2, 0.25) is 0 Å². The molecule has 2 heterocycles. The zero-order valence-corrected chi connectivity index (χ0v) is 18.7. The summed E-state index contributed by atoms with van der Waals surface area (Å²) in [4.78, 5) is 22.3. The molecule has 5 nitrogen and oxygen atoms in total. The number of imidazole rings is 1. The van der Waals surface area contributed by atoms with Crippen molar-refractivity contribution in [3.63, 3.8) is 0 Å². The van der Waals surface area contributed by atoms with E-state index in [4.69, 9.17) is 0 Å². The van der Waals surface area contributed by atoms with Crippen molar-refractivity contribution in [3.8, 4) is 5.69 Å². The lowest BCUT2D eigenvalue weighted by Gasteiger charge is -2.38. The molecule has 1 saturated heterocycles. The molecule has 0 saturated carbocycles.